The predicted molar refractivity (Wildman–Crippen MR) is 90.3 cm³/mol. The summed E-state index contributed by atoms with van der Waals surface area (Å²) in [6.07, 6.45) is 4.88. The molecule has 0 aromatic heterocycles. The number of carbonyl (C=O) groups excluding carboxylic acids is 2. The third-order valence-electron chi connectivity index (χ3n) is 4.56. The molecule has 0 saturated carbocycles. The quantitative estimate of drug-likeness (QED) is 0.850. The number of benzene rings is 1. The maximum absolute atomic E-state index is 12.4. The zero-order chi connectivity index (χ0) is 16.9. The van der Waals surface area contributed by atoms with Crippen molar-refractivity contribution in [2.24, 2.45) is 0 Å². The van der Waals surface area contributed by atoms with E-state index < -0.39 is 0 Å². The van der Waals surface area contributed by atoms with Crippen LogP contribution in [0.25, 0.3) is 0 Å². The van der Waals surface area contributed by atoms with Crippen molar-refractivity contribution < 1.29 is 19.1 Å². The van der Waals surface area contributed by atoms with Crippen LogP contribution in [0.3, 0.4) is 0 Å². The predicted octanol–water partition coefficient (Wildman–Crippen LogP) is 2.56. The molecule has 0 unspecified atom stereocenters. The summed E-state index contributed by atoms with van der Waals surface area (Å²) in [7, 11) is 0. The molecular weight excluding hydrogens is 308 g/mol. The molecule has 0 radical (unpaired) electrons. The van der Waals surface area contributed by atoms with Crippen LogP contribution in [0.5, 0.6) is 11.5 Å². The number of carbonyl (C=O) groups is 2. The van der Waals surface area contributed by atoms with E-state index in [9.17, 15) is 9.59 Å². The Balaban J connectivity index is 1.64. The lowest BCUT2D eigenvalue weighted by atomic mass is 10.2. The number of anilines is 1. The van der Waals surface area contributed by atoms with Gasteiger partial charge in [0.1, 0.15) is 0 Å². The minimum absolute atomic E-state index is 0.0856. The first-order valence-electron chi connectivity index (χ1n) is 8.60. The lowest BCUT2D eigenvalue weighted by Gasteiger charge is -2.24. The number of ether oxygens (including phenoxy) is 2. The van der Waals surface area contributed by atoms with Gasteiger partial charge in [0.25, 0.3) is 0 Å². The van der Waals surface area contributed by atoms with E-state index in [-0.39, 0.29) is 18.6 Å². The van der Waals surface area contributed by atoms with Gasteiger partial charge in [-0.1, -0.05) is 12.8 Å². The maximum atomic E-state index is 12.4. The van der Waals surface area contributed by atoms with Gasteiger partial charge >= 0.3 is 0 Å². The topological polar surface area (TPSA) is 59.1 Å². The number of likely N-dealkylation sites (tertiary alicyclic amines) is 1. The zero-order valence-corrected chi connectivity index (χ0v) is 14.1. The molecule has 130 valence electrons. The number of hydrogen-bond acceptors (Lipinski definition) is 4. The van der Waals surface area contributed by atoms with Crippen molar-refractivity contribution in [3.63, 3.8) is 0 Å². The van der Waals surface area contributed by atoms with Crippen molar-refractivity contribution in [3.05, 3.63) is 18.2 Å². The molecule has 2 heterocycles. The van der Waals surface area contributed by atoms with E-state index in [0.29, 0.717) is 24.5 Å². The van der Waals surface area contributed by atoms with Crippen LogP contribution in [0.4, 0.5) is 5.69 Å². The van der Waals surface area contributed by atoms with Crippen LogP contribution in [0, 0.1) is 0 Å². The van der Waals surface area contributed by atoms with Gasteiger partial charge < -0.3 is 19.3 Å². The lowest BCUT2D eigenvalue weighted by molar-refractivity contribution is -0.131. The van der Waals surface area contributed by atoms with E-state index in [2.05, 4.69) is 0 Å². The number of rotatable bonds is 4. The molecule has 0 bridgehead atoms. The summed E-state index contributed by atoms with van der Waals surface area (Å²) in [5.41, 5.74) is 0.732. The zero-order valence-electron chi connectivity index (χ0n) is 14.1. The molecule has 0 atom stereocenters. The van der Waals surface area contributed by atoms with Crippen LogP contribution >= 0.6 is 0 Å². The van der Waals surface area contributed by atoms with Crippen molar-refractivity contribution >= 4 is 17.5 Å². The second-order valence-corrected chi connectivity index (χ2v) is 6.25. The summed E-state index contributed by atoms with van der Waals surface area (Å²) < 4.78 is 10.7. The molecule has 0 aliphatic carbocycles. The Kier molecular flexibility index (Phi) is 5.23. The van der Waals surface area contributed by atoms with Gasteiger partial charge in [0.2, 0.25) is 18.6 Å². The fourth-order valence-corrected chi connectivity index (χ4v) is 3.21. The number of amides is 2. The van der Waals surface area contributed by atoms with E-state index >= 15 is 0 Å². The van der Waals surface area contributed by atoms with Crippen LogP contribution in [-0.2, 0) is 9.59 Å². The highest BCUT2D eigenvalue weighted by atomic mass is 16.7. The van der Waals surface area contributed by atoms with Crippen molar-refractivity contribution in [2.45, 2.75) is 39.0 Å². The average molecular weight is 332 g/mol. The van der Waals surface area contributed by atoms with Gasteiger partial charge in [0.05, 0.1) is 0 Å². The van der Waals surface area contributed by atoms with Crippen LogP contribution in [0.15, 0.2) is 18.2 Å². The van der Waals surface area contributed by atoms with Gasteiger partial charge in [0, 0.05) is 44.7 Å². The first-order valence-corrected chi connectivity index (χ1v) is 8.60. The molecular formula is C18H24N2O4. The molecule has 1 aromatic rings. The molecule has 6 heteroatoms. The third-order valence-corrected chi connectivity index (χ3v) is 4.56. The lowest BCUT2D eigenvalue weighted by Crippen LogP contribution is -2.36. The summed E-state index contributed by atoms with van der Waals surface area (Å²) in [4.78, 5) is 28.0. The molecule has 1 fully saturated rings. The maximum Gasteiger partial charge on any atom is 0.231 e. The summed E-state index contributed by atoms with van der Waals surface area (Å²) in [5.74, 6) is 1.36. The second-order valence-electron chi connectivity index (χ2n) is 6.25. The van der Waals surface area contributed by atoms with Crippen LogP contribution < -0.4 is 14.4 Å². The Morgan fingerprint density at radius 1 is 1.08 bits per heavy atom. The standard InChI is InChI=1S/C18H24N2O4/c1-14(21)20(15-6-7-16-17(12-15)24-13-23-16)11-8-18(22)19-9-4-2-3-5-10-19/h6-7,12H,2-5,8-11,13H2,1H3. The molecule has 3 rings (SSSR count). The number of fused-ring (bicyclic) bond motifs is 1. The van der Waals surface area contributed by atoms with Crippen molar-refractivity contribution in [1.82, 2.24) is 4.90 Å². The van der Waals surface area contributed by atoms with Gasteiger partial charge in [-0.3, -0.25) is 9.59 Å². The van der Waals surface area contributed by atoms with E-state index in [0.717, 1.165) is 31.6 Å². The second kappa shape index (κ2) is 7.55. The monoisotopic (exact) mass is 332 g/mol. The van der Waals surface area contributed by atoms with Crippen molar-refractivity contribution in [3.8, 4) is 11.5 Å². The minimum atomic E-state index is -0.0856. The van der Waals surface area contributed by atoms with Gasteiger partial charge in [0.15, 0.2) is 11.5 Å². The molecule has 1 saturated heterocycles. The minimum Gasteiger partial charge on any atom is -0.454 e. The van der Waals surface area contributed by atoms with Crippen molar-refractivity contribution in [2.75, 3.05) is 31.3 Å². The van der Waals surface area contributed by atoms with Gasteiger partial charge in [-0.2, -0.15) is 0 Å². The Morgan fingerprint density at radius 2 is 1.79 bits per heavy atom. The van der Waals surface area contributed by atoms with Gasteiger partial charge in [-0.15, -0.1) is 0 Å². The number of hydrogen-bond donors (Lipinski definition) is 0. The van der Waals surface area contributed by atoms with E-state index in [1.807, 2.05) is 11.0 Å². The molecule has 0 spiro atoms. The average Bonchev–Trinajstić information content (AvgIpc) is 2.86. The first-order chi connectivity index (χ1) is 11.6. The van der Waals surface area contributed by atoms with Crippen LogP contribution in [0.2, 0.25) is 0 Å². The summed E-state index contributed by atoms with van der Waals surface area (Å²) in [5, 5.41) is 0. The SMILES string of the molecule is CC(=O)N(CCC(=O)N1CCCCCC1)c1ccc2c(c1)OCO2. The molecule has 0 N–H and O–H groups in total. The molecule has 1 aromatic carbocycles. The Hall–Kier alpha value is -2.24. The van der Waals surface area contributed by atoms with Gasteiger partial charge in [-0.25, -0.2) is 0 Å². The Labute approximate surface area is 142 Å². The highest BCUT2D eigenvalue weighted by molar-refractivity contribution is 5.92. The van der Waals surface area contributed by atoms with Crippen LogP contribution in [-0.4, -0.2) is 43.1 Å². The highest BCUT2D eigenvalue weighted by Crippen LogP contribution is 2.35. The molecule has 2 aliphatic rings. The van der Waals surface area contributed by atoms with Crippen LogP contribution in [0.1, 0.15) is 39.0 Å². The molecule has 2 amide bonds. The highest BCUT2D eigenvalue weighted by Gasteiger charge is 2.21. The third kappa shape index (κ3) is 3.80. The smallest absolute Gasteiger partial charge is 0.231 e. The molecule has 6 nitrogen and oxygen atoms in total. The normalized spacial score (nSPS) is 16.6. The summed E-state index contributed by atoms with van der Waals surface area (Å²) >= 11 is 0. The van der Waals surface area contributed by atoms with Crippen molar-refractivity contribution in [1.29, 1.82) is 0 Å². The fourth-order valence-electron chi connectivity index (χ4n) is 3.21. The molecule has 2 aliphatic heterocycles. The van der Waals surface area contributed by atoms with E-state index in [4.69, 9.17) is 9.47 Å². The largest absolute Gasteiger partial charge is 0.454 e. The molecule has 24 heavy (non-hydrogen) atoms. The van der Waals surface area contributed by atoms with E-state index in [1.165, 1.54) is 19.8 Å². The number of nitrogens with zero attached hydrogens (tertiary/aromatic N) is 2. The van der Waals surface area contributed by atoms with Gasteiger partial charge in [-0.05, 0) is 25.0 Å². The summed E-state index contributed by atoms with van der Waals surface area (Å²) in [6, 6.07) is 5.41. The first kappa shape index (κ1) is 16.6. The fraction of sp³-hybridized carbons (Fsp3) is 0.556. The Bertz CT molecular complexity index is 609. The summed E-state index contributed by atoms with van der Waals surface area (Å²) in [6.45, 7) is 3.77. The van der Waals surface area contributed by atoms with E-state index in [1.54, 1.807) is 17.0 Å². The Morgan fingerprint density at radius 3 is 2.50 bits per heavy atom.